The molecule has 1 heterocycles. The van der Waals surface area contributed by atoms with E-state index in [2.05, 4.69) is 15.5 Å². The molecule has 30 heavy (non-hydrogen) atoms. The number of H-pyrrole nitrogens is 1. The van der Waals surface area contributed by atoms with E-state index in [4.69, 9.17) is 15.0 Å². The molecule has 0 atom stereocenters. The molecule has 8 nitrogen and oxygen atoms in total. The summed E-state index contributed by atoms with van der Waals surface area (Å²) in [4.78, 5) is 31.2. The summed E-state index contributed by atoms with van der Waals surface area (Å²) in [6.07, 6.45) is -3.24. The Balaban J connectivity index is 0.000000553. The van der Waals surface area contributed by atoms with Crippen molar-refractivity contribution in [3.05, 3.63) is 42.1 Å². The van der Waals surface area contributed by atoms with Crippen LogP contribution in [0.3, 0.4) is 0 Å². The molecule has 0 radical (unpaired) electrons. The van der Waals surface area contributed by atoms with E-state index in [-0.39, 0.29) is 12.3 Å². The average molecular weight is 465 g/mol. The highest BCUT2D eigenvalue weighted by Gasteiger charge is 2.38. The lowest BCUT2D eigenvalue weighted by molar-refractivity contribution is -0.192. The molecule has 0 bridgehead atoms. The van der Waals surface area contributed by atoms with Crippen molar-refractivity contribution in [2.24, 2.45) is 0 Å². The maximum Gasteiger partial charge on any atom is 0.490 e. The molecule has 0 unspecified atom stereocenters. The van der Waals surface area contributed by atoms with Crippen LogP contribution in [0.4, 0.5) is 13.2 Å². The Morgan fingerprint density at radius 3 is 2.13 bits per heavy atom. The summed E-state index contributed by atoms with van der Waals surface area (Å²) >= 11 is 0. The topological polar surface area (TPSA) is 132 Å². The number of rotatable bonds is 9. The molecule has 0 fully saturated rings. The van der Waals surface area contributed by atoms with Crippen LogP contribution < -0.4 is 5.32 Å². The van der Waals surface area contributed by atoms with Crippen molar-refractivity contribution in [3.8, 4) is 11.3 Å². The monoisotopic (exact) mass is 465 g/mol. The fourth-order valence-corrected chi connectivity index (χ4v) is 3.66. The maximum absolute atomic E-state index is 12.0. The summed E-state index contributed by atoms with van der Waals surface area (Å²) in [5.41, 5.74) is 2.49. The number of benzene rings is 1. The molecule has 0 spiro atoms. The van der Waals surface area contributed by atoms with Gasteiger partial charge in [0.15, 0.2) is 0 Å². The van der Waals surface area contributed by atoms with Gasteiger partial charge in [-0.05, 0) is 23.8 Å². The van der Waals surface area contributed by atoms with Crippen molar-refractivity contribution in [2.45, 2.75) is 12.6 Å². The number of aromatic nitrogens is 2. The lowest BCUT2D eigenvalue weighted by Crippen LogP contribution is -2.25. The lowest BCUT2D eigenvalue weighted by atomic mass is 10.1. The largest absolute Gasteiger partial charge is 0.490 e. The Labute approximate surface area is 177 Å². The zero-order valence-electron chi connectivity index (χ0n) is 15.3. The van der Waals surface area contributed by atoms with Crippen molar-refractivity contribution in [1.82, 2.24) is 15.5 Å². The van der Waals surface area contributed by atoms with Gasteiger partial charge in [0.1, 0.15) is 0 Å². The van der Waals surface area contributed by atoms with Gasteiger partial charge in [0.25, 0.3) is 5.91 Å². The number of halogens is 3. The summed E-state index contributed by atoms with van der Waals surface area (Å²) in [6, 6.07) is 9.17. The number of nitrogens with zero attached hydrogens (tertiary/aromatic N) is 1. The second-order valence-corrected chi connectivity index (χ2v) is 8.10. The van der Waals surface area contributed by atoms with Crippen LogP contribution in [-0.2, 0) is 9.59 Å². The molecule has 1 aromatic heterocycles. The minimum Gasteiger partial charge on any atom is -0.481 e. The third-order valence-electron chi connectivity index (χ3n) is 3.15. The second-order valence-electron chi connectivity index (χ2n) is 5.39. The van der Waals surface area contributed by atoms with Crippen molar-refractivity contribution in [3.63, 3.8) is 0 Å². The van der Waals surface area contributed by atoms with Crippen LogP contribution in [0.25, 0.3) is 11.3 Å². The number of aliphatic carboxylic acids is 2. The number of hydrogen-bond donors (Lipinski definition) is 4. The van der Waals surface area contributed by atoms with Gasteiger partial charge < -0.3 is 15.5 Å². The Hall–Kier alpha value is -2.67. The molecule has 0 aliphatic carbocycles. The molecule has 0 saturated heterocycles. The zero-order valence-corrected chi connectivity index (χ0v) is 16.9. The van der Waals surface area contributed by atoms with Gasteiger partial charge in [-0.1, -0.05) is 33.7 Å². The number of aromatic amines is 1. The highest BCUT2D eigenvalue weighted by Crippen LogP contribution is 2.21. The molecular formula is C17H18F3N3O5S2. The summed E-state index contributed by atoms with van der Waals surface area (Å²) < 4.78 is 31.7. The summed E-state index contributed by atoms with van der Waals surface area (Å²) in [7, 11) is 3.07. The maximum atomic E-state index is 12.0. The Morgan fingerprint density at radius 2 is 1.63 bits per heavy atom. The van der Waals surface area contributed by atoms with Gasteiger partial charge in [-0.3, -0.25) is 14.7 Å². The molecule has 1 aromatic carbocycles. The summed E-state index contributed by atoms with van der Waals surface area (Å²) in [6.45, 7) is 0.547. The Kier molecular flexibility index (Phi) is 10.8. The van der Waals surface area contributed by atoms with E-state index in [0.717, 1.165) is 17.0 Å². The van der Waals surface area contributed by atoms with E-state index in [9.17, 15) is 22.8 Å². The minimum absolute atomic E-state index is 0.114. The van der Waals surface area contributed by atoms with E-state index in [1.165, 1.54) is 10.8 Å². The van der Waals surface area contributed by atoms with Crippen LogP contribution in [-0.4, -0.2) is 62.5 Å². The highest BCUT2D eigenvalue weighted by molar-refractivity contribution is 8.76. The SMILES string of the molecule is O=C(O)C(F)(F)F.O=C(O)CCSSCCNC(=O)c1ccc(-c2ccn[nH]2)cc1. The van der Waals surface area contributed by atoms with Crippen LogP contribution in [0.1, 0.15) is 16.8 Å². The van der Waals surface area contributed by atoms with Gasteiger partial charge in [-0.25, -0.2) is 4.79 Å². The predicted molar refractivity (Wildman–Crippen MR) is 107 cm³/mol. The van der Waals surface area contributed by atoms with Gasteiger partial charge in [0.2, 0.25) is 0 Å². The molecule has 0 saturated carbocycles. The second kappa shape index (κ2) is 12.8. The van der Waals surface area contributed by atoms with Crippen molar-refractivity contribution < 1.29 is 37.8 Å². The third kappa shape index (κ3) is 10.2. The van der Waals surface area contributed by atoms with Gasteiger partial charge in [0.05, 0.1) is 12.1 Å². The molecule has 13 heteroatoms. The Morgan fingerprint density at radius 1 is 1.03 bits per heavy atom. The highest BCUT2D eigenvalue weighted by atomic mass is 33.1. The number of alkyl halides is 3. The molecule has 2 rings (SSSR count). The van der Waals surface area contributed by atoms with E-state index in [0.29, 0.717) is 17.9 Å². The number of carboxylic acids is 2. The van der Waals surface area contributed by atoms with E-state index in [1.54, 1.807) is 29.1 Å². The molecule has 1 amide bonds. The first-order valence-corrected chi connectivity index (χ1v) is 10.7. The molecule has 0 aliphatic rings. The van der Waals surface area contributed by atoms with Gasteiger partial charge in [-0.2, -0.15) is 18.3 Å². The number of carbonyl (C=O) groups excluding carboxylic acids is 1. The number of carboxylic acid groups (broad SMARTS) is 2. The fourth-order valence-electron chi connectivity index (χ4n) is 1.77. The van der Waals surface area contributed by atoms with Gasteiger partial charge in [0, 0.05) is 29.8 Å². The Bertz CT molecular complexity index is 815. The number of amides is 1. The van der Waals surface area contributed by atoms with E-state index in [1.807, 2.05) is 18.2 Å². The van der Waals surface area contributed by atoms with E-state index >= 15 is 0 Å². The lowest BCUT2D eigenvalue weighted by Gasteiger charge is -2.05. The van der Waals surface area contributed by atoms with Crippen LogP contribution in [0.2, 0.25) is 0 Å². The number of hydrogen-bond acceptors (Lipinski definition) is 6. The first-order chi connectivity index (χ1) is 14.1. The van der Waals surface area contributed by atoms with Crippen LogP contribution in [0.15, 0.2) is 36.5 Å². The van der Waals surface area contributed by atoms with Crippen molar-refractivity contribution >= 4 is 39.4 Å². The summed E-state index contributed by atoms with van der Waals surface area (Å²) in [5.74, 6) is -2.35. The van der Waals surface area contributed by atoms with E-state index < -0.39 is 18.1 Å². The van der Waals surface area contributed by atoms with Crippen LogP contribution in [0, 0.1) is 0 Å². The number of nitrogens with one attached hydrogen (secondary N) is 2. The molecule has 2 aromatic rings. The smallest absolute Gasteiger partial charge is 0.481 e. The zero-order chi connectivity index (χ0) is 22.6. The first-order valence-electron chi connectivity index (χ1n) is 8.25. The first kappa shape index (κ1) is 25.4. The standard InChI is InChI=1S/C15H17N3O3S2.C2HF3O2/c19-14(20)6-9-22-23-10-8-16-15(21)12-3-1-11(2-4-12)13-5-7-17-18-13;3-2(4,5)1(6)7/h1-5,7H,6,8-10H2,(H,16,21)(H,17,18)(H,19,20);(H,6,7). The predicted octanol–water partition coefficient (Wildman–Crippen LogP) is 3.30. The number of carbonyl (C=O) groups is 3. The molecule has 164 valence electrons. The summed E-state index contributed by atoms with van der Waals surface area (Å²) in [5, 5.41) is 25.2. The van der Waals surface area contributed by atoms with Crippen molar-refractivity contribution in [2.75, 3.05) is 18.1 Å². The quantitative estimate of drug-likeness (QED) is 0.328. The van der Waals surface area contributed by atoms with Crippen LogP contribution in [0.5, 0.6) is 0 Å². The molecule has 4 N–H and O–H groups in total. The van der Waals surface area contributed by atoms with Gasteiger partial charge in [-0.15, -0.1) is 0 Å². The third-order valence-corrected chi connectivity index (χ3v) is 5.56. The average Bonchev–Trinajstić information content (AvgIpc) is 3.21. The van der Waals surface area contributed by atoms with Gasteiger partial charge >= 0.3 is 18.1 Å². The van der Waals surface area contributed by atoms with Crippen molar-refractivity contribution in [1.29, 1.82) is 0 Å². The van der Waals surface area contributed by atoms with Crippen LogP contribution >= 0.6 is 21.6 Å². The molecular weight excluding hydrogens is 447 g/mol. The fraction of sp³-hybridized carbons (Fsp3) is 0.294. The minimum atomic E-state index is -5.08. The molecule has 0 aliphatic heterocycles. The normalized spacial score (nSPS) is 10.6.